The molecule has 6 nitrogen and oxygen atoms in total. The maximum absolute atomic E-state index is 11.9. The first-order valence-corrected chi connectivity index (χ1v) is 9.41. The van der Waals surface area contributed by atoms with Crippen molar-refractivity contribution in [2.45, 2.75) is 0 Å². The Balaban J connectivity index is 1.26. The number of aromatic nitrogens is 2. The monoisotopic (exact) mass is 369 g/mol. The van der Waals surface area contributed by atoms with Crippen molar-refractivity contribution in [2.75, 3.05) is 23.7 Å². The van der Waals surface area contributed by atoms with E-state index < -0.39 is 0 Å². The number of amides is 2. The molecule has 0 saturated carbocycles. The Bertz CT molecular complexity index is 960. The molecule has 0 saturated heterocycles. The average molecular weight is 369 g/mol. The highest BCUT2D eigenvalue weighted by atomic mass is 32.1. The number of nitrogens with zero attached hydrogens (tertiary/aromatic N) is 2. The molecule has 0 unspecified atom stereocenters. The molecule has 126 valence electrons. The minimum absolute atomic E-state index is 0.259. The van der Waals surface area contributed by atoms with Crippen LogP contribution < -0.4 is 16.0 Å². The molecular formula is C17H15N5OS2. The topological polar surface area (TPSA) is 78.9 Å². The third kappa shape index (κ3) is 3.70. The highest BCUT2D eigenvalue weighted by Gasteiger charge is 2.07. The third-order valence-electron chi connectivity index (χ3n) is 3.50. The van der Waals surface area contributed by atoms with E-state index in [0.29, 0.717) is 18.2 Å². The Kier molecular flexibility index (Phi) is 4.45. The van der Waals surface area contributed by atoms with Crippen molar-refractivity contribution in [3.8, 4) is 0 Å². The summed E-state index contributed by atoms with van der Waals surface area (Å²) in [4.78, 5) is 20.8. The van der Waals surface area contributed by atoms with Gasteiger partial charge in [0.15, 0.2) is 10.3 Å². The molecule has 2 aromatic carbocycles. The number of para-hydroxylation sites is 2. The summed E-state index contributed by atoms with van der Waals surface area (Å²) < 4.78 is 2.20. The highest BCUT2D eigenvalue weighted by molar-refractivity contribution is 7.22. The van der Waals surface area contributed by atoms with Crippen molar-refractivity contribution in [1.82, 2.24) is 15.3 Å². The van der Waals surface area contributed by atoms with Crippen molar-refractivity contribution in [2.24, 2.45) is 0 Å². The van der Waals surface area contributed by atoms with Crippen LogP contribution in [0, 0.1) is 0 Å². The fraction of sp³-hybridized carbons (Fsp3) is 0.118. The number of hydrogen-bond acceptors (Lipinski definition) is 6. The van der Waals surface area contributed by atoms with Crippen molar-refractivity contribution < 1.29 is 4.79 Å². The maximum atomic E-state index is 11.9. The van der Waals surface area contributed by atoms with Gasteiger partial charge in [-0.15, -0.1) is 0 Å². The number of thiazole rings is 2. The first kappa shape index (κ1) is 15.8. The number of rotatable bonds is 5. The minimum Gasteiger partial charge on any atom is -0.360 e. The van der Waals surface area contributed by atoms with Gasteiger partial charge in [-0.1, -0.05) is 46.9 Å². The maximum Gasteiger partial charge on any atom is 0.321 e. The first-order chi connectivity index (χ1) is 12.3. The van der Waals surface area contributed by atoms with Crippen LogP contribution in [-0.2, 0) is 0 Å². The Morgan fingerprint density at radius 2 is 1.44 bits per heavy atom. The van der Waals surface area contributed by atoms with Crippen LogP contribution in [-0.4, -0.2) is 29.1 Å². The van der Waals surface area contributed by atoms with Crippen molar-refractivity contribution in [3.63, 3.8) is 0 Å². The van der Waals surface area contributed by atoms with E-state index in [1.807, 2.05) is 48.5 Å². The summed E-state index contributed by atoms with van der Waals surface area (Å²) >= 11 is 3.06. The van der Waals surface area contributed by atoms with E-state index in [-0.39, 0.29) is 6.03 Å². The van der Waals surface area contributed by atoms with Gasteiger partial charge >= 0.3 is 6.03 Å². The Labute approximate surface area is 151 Å². The molecule has 0 fully saturated rings. The molecular weight excluding hydrogens is 354 g/mol. The molecule has 8 heteroatoms. The van der Waals surface area contributed by atoms with Crippen LogP contribution >= 0.6 is 22.7 Å². The summed E-state index contributed by atoms with van der Waals surface area (Å²) in [7, 11) is 0. The number of anilines is 2. The van der Waals surface area contributed by atoms with Crippen LogP contribution in [0.15, 0.2) is 48.5 Å². The lowest BCUT2D eigenvalue weighted by atomic mass is 10.3. The number of urea groups is 1. The van der Waals surface area contributed by atoms with Gasteiger partial charge in [-0.2, -0.15) is 0 Å². The zero-order chi connectivity index (χ0) is 17.1. The molecule has 2 aromatic heterocycles. The Hall–Kier alpha value is -2.71. The van der Waals surface area contributed by atoms with Crippen LogP contribution in [0.4, 0.5) is 15.1 Å². The van der Waals surface area contributed by atoms with Gasteiger partial charge in [0, 0.05) is 13.1 Å². The van der Waals surface area contributed by atoms with E-state index in [4.69, 9.17) is 0 Å². The molecule has 0 aliphatic carbocycles. The fourth-order valence-electron chi connectivity index (χ4n) is 2.36. The van der Waals surface area contributed by atoms with Gasteiger partial charge in [-0.25, -0.2) is 14.8 Å². The summed E-state index contributed by atoms with van der Waals surface area (Å²) in [6.07, 6.45) is 0. The van der Waals surface area contributed by atoms with E-state index in [1.165, 1.54) is 11.3 Å². The lowest BCUT2D eigenvalue weighted by Crippen LogP contribution is -2.32. The van der Waals surface area contributed by atoms with Gasteiger partial charge in [-0.05, 0) is 24.3 Å². The van der Waals surface area contributed by atoms with E-state index in [0.717, 1.165) is 25.6 Å². The van der Waals surface area contributed by atoms with E-state index >= 15 is 0 Å². The molecule has 4 aromatic rings. The van der Waals surface area contributed by atoms with E-state index in [2.05, 4.69) is 25.9 Å². The zero-order valence-corrected chi connectivity index (χ0v) is 14.8. The SMILES string of the molecule is O=C(NCCNc1nc2ccccc2s1)Nc1nc2ccccc2s1. The number of nitrogens with one attached hydrogen (secondary N) is 3. The normalized spacial score (nSPS) is 10.9. The highest BCUT2D eigenvalue weighted by Crippen LogP contribution is 2.26. The molecule has 3 N–H and O–H groups in total. The third-order valence-corrected chi connectivity index (χ3v) is 5.44. The molecule has 0 atom stereocenters. The van der Waals surface area contributed by atoms with Crippen LogP contribution in [0.5, 0.6) is 0 Å². The van der Waals surface area contributed by atoms with Crippen LogP contribution in [0.1, 0.15) is 0 Å². The van der Waals surface area contributed by atoms with Crippen LogP contribution in [0.3, 0.4) is 0 Å². The number of carbonyl (C=O) groups excluding carboxylic acids is 1. The molecule has 0 aliphatic heterocycles. The van der Waals surface area contributed by atoms with Gasteiger partial charge in [0.2, 0.25) is 0 Å². The summed E-state index contributed by atoms with van der Waals surface area (Å²) in [6, 6.07) is 15.5. The summed E-state index contributed by atoms with van der Waals surface area (Å²) in [5.41, 5.74) is 1.87. The van der Waals surface area contributed by atoms with Gasteiger partial charge in [0.1, 0.15) is 0 Å². The van der Waals surface area contributed by atoms with E-state index in [1.54, 1.807) is 11.3 Å². The van der Waals surface area contributed by atoms with Gasteiger partial charge < -0.3 is 10.6 Å². The summed E-state index contributed by atoms with van der Waals surface area (Å²) in [5.74, 6) is 0. The summed E-state index contributed by atoms with van der Waals surface area (Å²) in [6.45, 7) is 1.10. The quantitative estimate of drug-likeness (QED) is 0.462. The molecule has 0 spiro atoms. The second kappa shape index (κ2) is 7.04. The van der Waals surface area contributed by atoms with Gasteiger partial charge in [-0.3, -0.25) is 5.32 Å². The number of hydrogen-bond donors (Lipinski definition) is 3. The molecule has 25 heavy (non-hydrogen) atoms. The lowest BCUT2D eigenvalue weighted by molar-refractivity contribution is 0.252. The molecule has 0 bridgehead atoms. The standard InChI is InChI=1S/C17H15N5OS2/c23-15(22-17-21-12-6-2-4-8-14(12)25-17)18-9-10-19-16-20-11-5-1-3-7-13(11)24-16/h1-8H,9-10H2,(H,19,20)(H2,18,21,22,23). The smallest absolute Gasteiger partial charge is 0.321 e. The second-order valence-electron chi connectivity index (χ2n) is 5.28. The average Bonchev–Trinajstić information content (AvgIpc) is 3.21. The van der Waals surface area contributed by atoms with Crippen molar-refractivity contribution in [1.29, 1.82) is 0 Å². The molecule has 2 amide bonds. The zero-order valence-electron chi connectivity index (χ0n) is 13.2. The number of benzene rings is 2. The van der Waals surface area contributed by atoms with Crippen LogP contribution in [0.25, 0.3) is 20.4 Å². The Morgan fingerprint density at radius 1 is 0.840 bits per heavy atom. The summed E-state index contributed by atoms with van der Waals surface area (Å²) in [5, 5.41) is 10.3. The Morgan fingerprint density at radius 3 is 2.12 bits per heavy atom. The molecule has 0 aliphatic rings. The lowest BCUT2D eigenvalue weighted by Gasteiger charge is -2.05. The predicted octanol–water partition coefficient (Wildman–Crippen LogP) is 4.14. The number of carbonyl (C=O) groups is 1. The van der Waals surface area contributed by atoms with Gasteiger partial charge in [0.05, 0.1) is 20.4 Å². The fourth-order valence-corrected chi connectivity index (χ4v) is 4.11. The molecule has 4 rings (SSSR count). The largest absolute Gasteiger partial charge is 0.360 e. The minimum atomic E-state index is -0.259. The van der Waals surface area contributed by atoms with E-state index in [9.17, 15) is 4.79 Å². The van der Waals surface area contributed by atoms with Crippen molar-refractivity contribution >= 4 is 59.4 Å². The molecule has 0 radical (unpaired) electrons. The number of fused-ring (bicyclic) bond motifs is 2. The predicted molar refractivity (Wildman–Crippen MR) is 105 cm³/mol. The first-order valence-electron chi connectivity index (χ1n) is 7.78. The molecule has 2 heterocycles. The van der Waals surface area contributed by atoms with Crippen LogP contribution in [0.2, 0.25) is 0 Å². The van der Waals surface area contributed by atoms with Crippen molar-refractivity contribution in [3.05, 3.63) is 48.5 Å². The second-order valence-corrected chi connectivity index (χ2v) is 7.34. The van der Waals surface area contributed by atoms with Gasteiger partial charge in [0.25, 0.3) is 0 Å².